The fourth-order valence-electron chi connectivity index (χ4n) is 6.17. The number of imidazole rings is 1. The molecule has 0 aliphatic heterocycles. The molecule has 1 aliphatic rings. The van der Waals surface area contributed by atoms with Gasteiger partial charge in [0.2, 0.25) is 0 Å². The largest absolute Gasteiger partial charge is 0.323 e. The highest BCUT2D eigenvalue weighted by Crippen LogP contribution is 2.36. The molecule has 42 heavy (non-hydrogen) atoms. The average molecular weight is 571 g/mol. The molecule has 0 radical (unpaired) electrons. The monoisotopic (exact) mass is 570 g/mol. The van der Waals surface area contributed by atoms with Crippen LogP contribution in [0.25, 0.3) is 33.8 Å². The molecule has 0 spiro atoms. The van der Waals surface area contributed by atoms with Crippen LogP contribution >= 0.6 is 11.6 Å². The molecule has 1 N–H and O–H groups in total. The number of tetrazole rings is 1. The van der Waals surface area contributed by atoms with Crippen LogP contribution in [0.2, 0.25) is 5.02 Å². The highest BCUT2D eigenvalue weighted by Gasteiger charge is 2.20. The van der Waals surface area contributed by atoms with Crippen LogP contribution in [0.1, 0.15) is 58.4 Å². The summed E-state index contributed by atoms with van der Waals surface area (Å²) in [5.41, 5.74) is 13.3. The Balaban J connectivity index is 1.32. The van der Waals surface area contributed by atoms with Crippen LogP contribution in [0.5, 0.6) is 0 Å². The van der Waals surface area contributed by atoms with Gasteiger partial charge in [-0.25, -0.2) is 10.1 Å². The van der Waals surface area contributed by atoms with Gasteiger partial charge >= 0.3 is 0 Å². The Labute approximate surface area is 250 Å². The first-order valence-electron chi connectivity index (χ1n) is 14.5. The van der Waals surface area contributed by atoms with Crippen LogP contribution in [0, 0.1) is 6.92 Å². The van der Waals surface area contributed by atoms with Crippen LogP contribution in [0.4, 0.5) is 0 Å². The SMILES string of the molecule is CCCc1nc2c(C)cc(-c3ccc(Cl)cc3)cc2n1Cc1ccc2c(c1)CCc1ccccc1/C2=C\c1nnn[nH]1. The van der Waals surface area contributed by atoms with Crippen molar-refractivity contribution in [2.45, 2.75) is 46.1 Å². The van der Waals surface area contributed by atoms with Crippen molar-refractivity contribution in [1.82, 2.24) is 30.2 Å². The van der Waals surface area contributed by atoms with Gasteiger partial charge in [0.15, 0.2) is 5.82 Å². The molecular weight excluding hydrogens is 540 g/mol. The second kappa shape index (κ2) is 11.0. The molecule has 6 aromatic rings. The number of benzene rings is 4. The Hall–Kier alpha value is -4.55. The summed E-state index contributed by atoms with van der Waals surface area (Å²) in [7, 11) is 0. The number of aromatic nitrogens is 6. The molecule has 0 unspecified atom stereocenters. The molecule has 0 atom stereocenters. The number of rotatable bonds is 6. The first-order valence-corrected chi connectivity index (χ1v) is 14.9. The lowest BCUT2D eigenvalue weighted by molar-refractivity contribution is 0.721. The number of hydrogen-bond acceptors (Lipinski definition) is 4. The van der Waals surface area contributed by atoms with Gasteiger partial charge in [-0.05, 0) is 117 Å². The molecule has 0 saturated heterocycles. The van der Waals surface area contributed by atoms with Crippen molar-refractivity contribution >= 4 is 34.3 Å². The van der Waals surface area contributed by atoms with Gasteiger partial charge in [0.25, 0.3) is 0 Å². The third kappa shape index (κ3) is 4.92. The first kappa shape index (κ1) is 26.4. The van der Waals surface area contributed by atoms with E-state index >= 15 is 0 Å². The minimum absolute atomic E-state index is 0.651. The summed E-state index contributed by atoms with van der Waals surface area (Å²) in [6.45, 7) is 5.14. The topological polar surface area (TPSA) is 72.3 Å². The van der Waals surface area contributed by atoms with Gasteiger partial charge < -0.3 is 4.57 Å². The molecule has 6 nitrogen and oxygen atoms in total. The molecule has 2 heterocycles. The smallest absolute Gasteiger partial charge is 0.172 e. The number of halogens is 1. The molecule has 0 fully saturated rings. The van der Waals surface area contributed by atoms with Gasteiger partial charge in [0.1, 0.15) is 5.82 Å². The maximum absolute atomic E-state index is 6.18. The zero-order chi connectivity index (χ0) is 28.6. The molecule has 0 saturated carbocycles. The molecule has 0 bridgehead atoms. The summed E-state index contributed by atoms with van der Waals surface area (Å²) in [6, 6.07) is 28.1. The Morgan fingerprint density at radius 1 is 0.905 bits per heavy atom. The first-order chi connectivity index (χ1) is 20.6. The lowest BCUT2D eigenvalue weighted by atomic mass is 9.92. The Kier molecular flexibility index (Phi) is 6.92. The van der Waals surface area contributed by atoms with Gasteiger partial charge in [-0.15, -0.1) is 5.10 Å². The van der Waals surface area contributed by atoms with E-state index in [1.165, 1.54) is 44.5 Å². The van der Waals surface area contributed by atoms with E-state index in [2.05, 4.69) is 112 Å². The van der Waals surface area contributed by atoms with E-state index in [1.807, 2.05) is 12.1 Å². The Morgan fingerprint density at radius 3 is 2.52 bits per heavy atom. The standard InChI is InChI=1S/C35H31ClN6/c1-3-6-34-37-35-22(2)17-27(24-12-14-28(36)15-13-24)19-32(35)42(34)21-23-9-16-30-26(18-23)11-10-25-7-4-5-8-29(25)31(30)20-33-38-40-41-39-33/h4-5,7-9,12-20H,3,6,10-11,21H2,1-2H3,(H,38,39,40,41)/b31-20+. The summed E-state index contributed by atoms with van der Waals surface area (Å²) < 4.78 is 2.41. The molecule has 4 aromatic carbocycles. The lowest BCUT2D eigenvalue weighted by Crippen LogP contribution is -2.06. The predicted octanol–water partition coefficient (Wildman–Crippen LogP) is 7.87. The van der Waals surface area contributed by atoms with Gasteiger partial charge in [-0.1, -0.05) is 73.1 Å². The predicted molar refractivity (Wildman–Crippen MR) is 169 cm³/mol. The van der Waals surface area contributed by atoms with E-state index in [0.717, 1.165) is 59.7 Å². The molecule has 2 aromatic heterocycles. The van der Waals surface area contributed by atoms with E-state index in [0.29, 0.717) is 5.82 Å². The number of aryl methyl sites for hydroxylation is 4. The molecule has 0 amide bonds. The summed E-state index contributed by atoms with van der Waals surface area (Å²) in [5, 5.41) is 15.4. The highest BCUT2D eigenvalue weighted by molar-refractivity contribution is 6.30. The van der Waals surface area contributed by atoms with Crippen molar-refractivity contribution in [2.24, 2.45) is 0 Å². The van der Waals surface area contributed by atoms with Crippen molar-refractivity contribution in [3.05, 3.63) is 129 Å². The number of fused-ring (bicyclic) bond motifs is 3. The fraction of sp³-hybridized carbons (Fsp3) is 0.200. The van der Waals surface area contributed by atoms with Gasteiger partial charge in [-0.3, -0.25) is 0 Å². The fourth-order valence-corrected chi connectivity index (χ4v) is 6.30. The summed E-state index contributed by atoms with van der Waals surface area (Å²) >= 11 is 6.18. The maximum Gasteiger partial charge on any atom is 0.172 e. The van der Waals surface area contributed by atoms with Crippen LogP contribution in [-0.4, -0.2) is 30.2 Å². The maximum atomic E-state index is 6.18. The number of nitrogens with one attached hydrogen (secondary N) is 1. The quantitative estimate of drug-likeness (QED) is 0.221. The lowest BCUT2D eigenvalue weighted by Gasteiger charge is -2.15. The van der Waals surface area contributed by atoms with Crippen molar-refractivity contribution in [3.63, 3.8) is 0 Å². The second-order valence-corrected chi connectivity index (χ2v) is 11.5. The normalized spacial score (nSPS) is 13.7. The zero-order valence-corrected chi connectivity index (χ0v) is 24.5. The van der Waals surface area contributed by atoms with Crippen molar-refractivity contribution in [1.29, 1.82) is 0 Å². The molecule has 7 rings (SSSR count). The van der Waals surface area contributed by atoms with Crippen molar-refractivity contribution in [3.8, 4) is 11.1 Å². The van der Waals surface area contributed by atoms with E-state index < -0.39 is 0 Å². The van der Waals surface area contributed by atoms with E-state index in [9.17, 15) is 0 Å². The van der Waals surface area contributed by atoms with Crippen LogP contribution < -0.4 is 0 Å². The van der Waals surface area contributed by atoms with Gasteiger partial charge in [0, 0.05) is 18.0 Å². The molecular formula is C35H31ClN6. The number of H-pyrrole nitrogens is 1. The molecule has 1 aliphatic carbocycles. The third-order valence-electron chi connectivity index (χ3n) is 8.19. The Bertz CT molecular complexity index is 1930. The number of aromatic amines is 1. The molecule has 7 heteroatoms. The number of nitrogens with zero attached hydrogens (tertiary/aromatic N) is 5. The van der Waals surface area contributed by atoms with Crippen LogP contribution in [-0.2, 0) is 25.8 Å². The summed E-state index contributed by atoms with van der Waals surface area (Å²) in [4.78, 5) is 5.14. The van der Waals surface area contributed by atoms with Crippen molar-refractivity contribution in [2.75, 3.05) is 0 Å². The zero-order valence-electron chi connectivity index (χ0n) is 23.7. The third-order valence-corrected chi connectivity index (χ3v) is 8.44. The van der Waals surface area contributed by atoms with Crippen LogP contribution in [0.3, 0.4) is 0 Å². The molecule has 208 valence electrons. The van der Waals surface area contributed by atoms with E-state index in [1.54, 1.807) is 0 Å². The van der Waals surface area contributed by atoms with Crippen LogP contribution in [0.15, 0.2) is 78.9 Å². The minimum Gasteiger partial charge on any atom is -0.323 e. The van der Waals surface area contributed by atoms with Gasteiger partial charge in [0.05, 0.1) is 11.0 Å². The van der Waals surface area contributed by atoms with Gasteiger partial charge in [-0.2, -0.15) is 0 Å². The van der Waals surface area contributed by atoms with E-state index in [4.69, 9.17) is 16.6 Å². The van der Waals surface area contributed by atoms with Crippen molar-refractivity contribution < 1.29 is 0 Å². The second-order valence-electron chi connectivity index (χ2n) is 11.0. The average Bonchev–Trinajstić information content (AvgIpc) is 3.61. The Morgan fingerprint density at radius 2 is 1.71 bits per heavy atom. The number of hydrogen-bond donors (Lipinski definition) is 1. The van der Waals surface area contributed by atoms with E-state index in [-0.39, 0.29) is 0 Å². The highest BCUT2D eigenvalue weighted by atomic mass is 35.5. The summed E-state index contributed by atoms with van der Waals surface area (Å²) in [5.74, 6) is 1.78. The summed E-state index contributed by atoms with van der Waals surface area (Å²) in [6.07, 6.45) is 5.99. The minimum atomic E-state index is 0.651.